The van der Waals surface area contributed by atoms with Gasteiger partial charge < -0.3 is 53.8 Å². The Morgan fingerprint density at radius 2 is 1.65 bits per heavy atom. The van der Waals surface area contributed by atoms with Crippen molar-refractivity contribution in [2.75, 3.05) is 33.4 Å². The molecule has 0 spiro atoms. The van der Waals surface area contributed by atoms with E-state index in [0.717, 1.165) is 0 Å². The molecule has 2 bridgehead atoms. The van der Waals surface area contributed by atoms with Gasteiger partial charge in [-0.2, -0.15) is 0 Å². The Morgan fingerprint density at radius 3 is 2.23 bits per heavy atom. The molecule has 0 aromatic heterocycles. The molecule has 0 radical (unpaired) electrons. The maximum atomic E-state index is 14.5. The molecule has 2 aromatic rings. The van der Waals surface area contributed by atoms with E-state index in [2.05, 4.69) is 5.32 Å². The van der Waals surface area contributed by atoms with Gasteiger partial charge in [0.05, 0.1) is 36.3 Å². The molecule has 4 N–H and O–H groups in total. The van der Waals surface area contributed by atoms with Crippen molar-refractivity contribution in [2.45, 2.75) is 140 Å². The minimum absolute atomic E-state index is 0.0173. The summed E-state index contributed by atoms with van der Waals surface area (Å²) in [5.74, 6) is -3.94. The van der Waals surface area contributed by atoms with Crippen molar-refractivity contribution in [3.05, 3.63) is 82.9 Å². The predicted molar refractivity (Wildman–Crippen MR) is 230 cm³/mol. The Bertz CT molecular complexity index is 2130. The van der Waals surface area contributed by atoms with Gasteiger partial charge in [0, 0.05) is 43.7 Å². The van der Waals surface area contributed by atoms with Crippen LogP contribution in [0.2, 0.25) is 0 Å². The number of carbonyl (C=O) groups is 4. The summed E-state index contributed by atoms with van der Waals surface area (Å²) in [6.07, 6.45) is -11.7. The number of nitrogens with zero attached hydrogens (tertiary/aromatic N) is 1. The zero-order valence-electron chi connectivity index (χ0n) is 38.4. The molecule has 5 aliphatic rings. The molecular formula is C48H63FN2O14. The van der Waals surface area contributed by atoms with Crippen LogP contribution in [0.25, 0.3) is 0 Å². The first-order valence-corrected chi connectivity index (χ1v) is 22.2. The number of hydrogen-bond acceptors (Lipinski definition) is 15. The van der Waals surface area contributed by atoms with Crippen molar-refractivity contribution in [3.8, 4) is 0 Å². The van der Waals surface area contributed by atoms with E-state index in [1.807, 2.05) is 0 Å². The number of likely N-dealkylation sites (N-methyl/N-ethyl adjacent to an activating group) is 1. The molecule has 2 saturated heterocycles. The minimum atomic E-state index is -2.23. The van der Waals surface area contributed by atoms with Gasteiger partial charge in [-0.15, -0.1) is 0 Å². The van der Waals surface area contributed by atoms with Crippen molar-refractivity contribution in [2.24, 2.45) is 16.7 Å². The van der Waals surface area contributed by atoms with E-state index in [4.69, 9.17) is 33.2 Å². The number of amides is 1. The van der Waals surface area contributed by atoms with Crippen molar-refractivity contribution in [1.82, 2.24) is 10.2 Å². The second-order valence-corrected chi connectivity index (χ2v) is 19.9. The highest BCUT2D eigenvalue weighted by atomic mass is 19.1. The number of aliphatic hydroxyl groups is 3. The van der Waals surface area contributed by atoms with Gasteiger partial charge in [-0.3, -0.25) is 9.69 Å². The largest absolute Gasteiger partial charge is 0.456 e. The summed E-state index contributed by atoms with van der Waals surface area (Å²) < 4.78 is 57.9. The summed E-state index contributed by atoms with van der Waals surface area (Å²) in [5, 5.41) is 40.8. The lowest BCUT2D eigenvalue weighted by atomic mass is 9.44. The van der Waals surface area contributed by atoms with Crippen molar-refractivity contribution in [1.29, 1.82) is 0 Å². The number of halogens is 1. The topological polar surface area (TPSA) is 209 Å². The van der Waals surface area contributed by atoms with Gasteiger partial charge in [0.15, 0.2) is 18.0 Å². The summed E-state index contributed by atoms with van der Waals surface area (Å²) in [5.41, 5.74) is -6.34. The Balaban J connectivity index is 1.40. The molecule has 2 aromatic carbocycles. The van der Waals surface area contributed by atoms with Crippen LogP contribution in [0, 0.1) is 16.7 Å². The number of aliphatic hydroxyl groups excluding tert-OH is 2. The number of carbonyl (C=O) groups excluding carboxylic acids is 4. The maximum Gasteiger partial charge on any atom is 0.408 e. The Hall–Kier alpha value is -4.49. The predicted octanol–water partition coefficient (Wildman–Crippen LogP) is 4.34. The average Bonchev–Trinajstić information content (AvgIpc) is 3.64. The van der Waals surface area contributed by atoms with Crippen LogP contribution in [-0.4, -0.2) is 143 Å². The van der Waals surface area contributed by atoms with Crippen LogP contribution < -0.4 is 5.32 Å². The van der Waals surface area contributed by atoms with Crippen LogP contribution in [0.5, 0.6) is 0 Å². The Morgan fingerprint density at radius 1 is 1.00 bits per heavy atom. The smallest absolute Gasteiger partial charge is 0.408 e. The Kier molecular flexibility index (Phi) is 13.4. The lowest BCUT2D eigenvalue weighted by Gasteiger charge is -2.68. The average molecular weight is 911 g/mol. The lowest BCUT2D eigenvalue weighted by Crippen LogP contribution is -2.82. The molecule has 2 saturated carbocycles. The van der Waals surface area contributed by atoms with E-state index in [9.17, 15) is 38.9 Å². The highest BCUT2D eigenvalue weighted by Gasteiger charge is 2.79. The third kappa shape index (κ3) is 8.69. The Labute approximate surface area is 378 Å². The summed E-state index contributed by atoms with van der Waals surface area (Å²) in [4.78, 5) is 56.9. The van der Waals surface area contributed by atoms with Crippen LogP contribution in [0.1, 0.15) is 90.2 Å². The standard InChI is InChI=1S/C48H63FN2O14/c1-26-30(60-42(56)36(54)35(28-16-12-10-13-17-28)50-43(57)65-44(3,4)5)23-48(58)40(63-41(55)29-18-14-11-15-19-29)38-46(8,31(53)22-32-47(38,25-59-32)64-27(2)52)39-37(34(26)45(48,6)7)61-33(62-39)24-51(9)21-20-49/h10-19,30-33,35-40,53-54,58H,20-25H2,1-9H3,(H,50,57)/t30-,31-,32?,33?,35-,36+,37+,38-,39+,40-,46+,47-,48+/m0/s1. The monoisotopic (exact) mass is 910 g/mol. The van der Waals surface area contributed by atoms with Crippen LogP contribution in [0.15, 0.2) is 71.8 Å². The zero-order valence-corrected chi connectivity index (χ0v) is 38.4. The lowest BCUT2D eigenvalue weighted by molar-refractivity contribution is -0.362. The molecule has 2 heterocycles. The number of nitrogens with one attached hydrogen (secondary N) is 1. The van der Waals surface area contributed by atoms with E-state index in [0.29, 0.717) is 16.7 Å². The van der Waals surface area contributed by atoms with Gasteiger partial charge in [0.2, 0.25) is 0 Å². The highest BCUT2D eigenvalue weighted by Crippen LogP contribution is 2.66. The summed E-state index contributed by atoms with van der Waals surface area (Å²) in [7, 11) is 1.70. The molecule has 1 amide bonds. The first kappa shape index (κ1) is 48.4. The van der Waals surface area contributed by atoms with Gasteiger partial charge in [0.1, 0.15) is 42.3 Å². The first-order valence-electron chi connectivity index (χ1n) is 22.2. The molecule has 7 rings (SSSR count). The highest BCUT2D eigenvalue weighted by molar-refractivity contribution is 5.89. The summed E-state index contributed by atoms with van der Waals surface area (Å²) >= 11 is 0. The van der Waals surface area contributed by atoms with Crippen LogP contribution in [-0.2, 0) is 42.7 Å². The fourth-order valence-electron chi connectivity index (χ4n) is 11.0. The van der Waals surface area contributed by atoms with Gasteiger partial charge in [0.25, 0.3) is 0 Å². The summed E-state index contributed by atoms with van der Waals surface area (Å²) in [6, 6.07) is 15.1. The van der Waals surface area contributed by atoms with E-state index >= 15 is 0 Å². The molecule has 65 heavy (non-hydrogen) atoms. The minimum Gasteiger partial charge on any atom is -0.456 e. The number of hydrogen-bond donors (Lipinski definition) is 4. The number of fused-ring (bicyclic) bond motifs is 8. The van der Waals surface area contributed by atoms with E-state index in [1.54, 1.807) is 121 Å². The number of esters is 3. The van der Waals surface area contributed by atoms with Gasteiger partial charge in [-0.1, -0.05) is 69.3 Å². The fourth-order valence-corrected chi connectivity index (χ4v) is 11.0. The molecule has 4 fully saturated rings. The SMILES string of the molecule is CC(=O)O[C@@]12COC1C[C@H](O)[C@@]1(C)[C@@H]3OC(CN(C)CCF)O[C@@H]3C3=C(C)[C@@H](OC(=O)[C@H](O)[C@@H](NC(=O)OC(C)(C)C)c4ccccc4)C[C@@](O)([C@@H](OC(=O)c4ccccc4)[C@@H]12)C3(C)C. The number of rotatable bonds is 12. The number of benzene rings is 2. The maximum absolute atomic E-state index is 14.5. The number of alkyl carbamates (subject to hydrolysis) is 1. The zero-order chi connectivity index (χ0) is 47.4. The van der Waals surface area contributed by atoms with Gasteiger partial charge >= 0.3 is 24.0 Å². The molecule has 16 nitrogen and oxygen atoms in total. The number of ether oxygens (including phenoxy) is 7. The third-order valence-electron chi connectivity index (χ3n) is 14.3. The van der Waals surface area contributed by atoms with Crippen LogP contribution in [0.4, 0.5) is 9.18 Å². The van der Waals surface area contributed by atoms with Gasteiger partial charge in [-0.05, 0) is 63.6 Å². The second-order valence-electron chi connectivity index (χ2n) is 19.9. The van der Waals surface area contributed by atoms with Crippen molar-refractivity contribution < 1.29 is 72.0 Å². The third-order valence-corrected chi connectivity index (χ3v) is 14.3. The second kappa shape index (κ2) is 18.0. The number of alkyl halides is 1. The first-order chi connectivity index (χ1) is 30.5. The van der Waals surface area contributed by atoms with Crippen molar-refractivity contribution >= 4 is 24.0 Å². The molecule has 2 aliphatic heterocycles. The molecule has 17 heteroatoms. The van der Waals surface area contributed by atoms with E-state index in [-0.39, 0.29) is 31.7 Å². The summed E-state index contributed by atoms with van der Waals surface area (Å²) in [6.45, 7) is 12.5. The normalized spacial score (nSPS) is 34.6. The molecular weight excluding hydrogens is 848 g/mol. The molecule has 13 atom stereocenters. The van der Waals surface area contributed by atoms with Gasteiger partial charge in [-0.25, -0.2) is 18.8 Å². The quantitative estimate of drug-likeness (QED) is 0.133. The molecule has 356 valence electrons. The van der Waals surface area contributed by atoms with Crippen LogP contribution in [0.3, 0.4) is 0 Å². The fraction of sp³-hybridized carbons (Fsp3) is 0.625. The van der Waals surface area contributed by atoms with Crippen LogP contribution >= 0.6 is 0 Å². The molecule has 3 aliphatic carbocycles. The molecule has 2 unspecified atom stereocenters. The van der Waals surface area contributed by atoms with E-state index < -0.39 is 126 Å². The van der Waals surface area contributed by atoms with Crippen molar-refractivity contribution in [3.63, 3.8) is 0 Å². The van der Waals surface area contributed by atoms with E-state index in [1.165, 1.54) is 6.92 Å².